The van der Waals surface area contributed by atoms with Crippen LogP contribution in [-0.4, -0.2) is 43.7 Å². The lowest BCUT2D eigenvalue weighted by molar-refractivity contribution is 0.321. The normalized spacial score (nSPS) is 15.2. The SMILES string of the molecule is CNCCNc1cc(N(C)CC2CCC2)ncn1. The van der Waals surface area contributed by atoms with Crippen LogP contribution in [0, 0.1) is 5.92 Å². The molecule has 1 saturated carbocycles. The summed E-state index contributed by atoms with van der Waals surface area (Å²) in [5.41, 5.74) is 0. The van der Waals surface area contributed by atoms with E-state index in [2.05, 4.69) is 32.5 Å². The van der Waals surface area contributed by atoms with E-state index < -0.39 is 0 Å². The highest BCUT2D eigenvalue weighted by atomic mass is 15.2. The van der Waals surface area contributed by atoms with Gasteiger partial charge in [-0.3, -0.25) is 0 Å². The average Bonchev–Trinajstić information content (AvgIpc) is 2.34. The Bertz CT molecular complexity index is 364. The van der Waals surface area contributed by atoms with Crippen molar-refractivity contribution >= 4 is 11.6 Å². The van der Waals surface area contributed by atoms with Crippen molar-refractivity contribution in [1.29, 1.82) is 0 Å². The Morgan fingerprint density at radius 1 is 1.33 bits per heavy atom. The molecule has 0 atom stereocenters. The van der Waals surface area contributed by atoms with Crippen molar-refractivity contribution < 1.29 is 0 Å². The lowest BCUT2D eigenvalue weighted by atomic mass is 9.85. The van der Waals surface area contributed by atoms with E-state index in [9.17, 15) is 0 Å². The van der Waals surface area contributed by atoms with E-state index in [0.717, 1.165) is 37.2 Å². The molecule has 1 fully saturated rings. The Balaban J connectivity index is 1.88. The molecule has 1 aliphatic rings. The maximum atomic E-state index is 4.34. The van der Waals surface area contributed by atoms with E-state index in [1.54, 1.807) is 6.33 Å². The van der Waals surface area contributed by atoms with Crippen molar-refractivity contribution in [3.05, 3.63) is 12.4 Å². The monoisotopic (exact) mass is 249 g/mol. The molecular weight excluding hydrogens is 226 g/mol. The Labute approximate surface area is 109 Å². The minimum Gasteiger partial charge on any atom is -0.369 e. The molecule has 1 aromatic heterocycles. The van der Waals surface area contributed by atoms with Gasteiger partial charge in [-0.15, -0.1) is 0 Å². The summed E-state index contributed by atoms with van der Waals surface area (Å²) in [6.45, 7) is 2.91. The van der Waals surface area contributed by atoms with Gasteiger partial charge in [0.25, 0.3) is 0 Å². The minimum atomic E-state index is 0.852. The molecule has 18 heavy (non-hydrogen) atoms. The summed E-state index contributed by atoms with van der Waals surface area (Å²) in [6, 6.07) is 2.02. The first-order valence-electron chi connectivity index (χ1n) is 6.71. The Kier molecular flexibility index (Phi) is 4.75. The summed E-state index contributed by atoms with van der Waals surface area (Å²) >= 11 is 0. The van der Waals surface area contributed by atoms with Crippen LogP contribution in [0.3, 0.4) is 0 Å². The maximum absolute atomic E-state index is 4.34. The van der Waals surface area contributed by atoms with Crippen molar-refractivity contribution in [1.82, 2.24) is 15.3 Å². The number of rotatable bonds is 7. The predicted molar refractivity (Wildman–Crippen MR) is 75.1 cm³/mol. The van der Waals surface area contributed by atoms with Gasteiger partial charge in [0, 0.05) is 32.7 Å². The molecule has 0 radical (unpaired) electrons. The third kappa shape index (κ3) is 3.57. The molecule has 5 nitrogen and oxygen atoms in total. The van der Waals surface area contributed by atoms with Crippen LogP contribution >= 0.6 is 0 Å². The van der Waals surface area contributed by atoms with Gasteiger partial charge in [0.15, 0.2) is 0 Å². The van der Waals surface area contributed by atoms with Crippen LogP contribution in [0.4, 0.5) is 11.6 Å². The zero-order chi connectivity index (χ0) is 12.8. The second-order valence-corrected chi connectivity index (χ2v) is 4.97. The van der Waals surface area contributed by atoms with E-state index in [1.807, 2.05) is 13.1 Å². The average molecular weight is 249 g/mol. The van der Waals surface area contributed by atoms with E-state index in [1.165, 1.54) is 19.3 Å². The molecular formula is C13H23N5. The number of nitrogens with one attached hydrogen (secondary N) is 2. The molecule has 1 heterocycles. The van der Waals surface area contributed by atoms with Gasteiger partial charge < -0.3 is 15.5 Å². The lowest BCUT2D eigenvalue weighted by Crippen LogP contribution is -2.30. The lowest BCUT2D eigenvalue weighted by Gasteiger charge is -2.30. The third-order valence-electron chi connectivity index (χ3n) is 3.48. The summed E-state index contributed by atoms with van der Waals surface area (Å²) in [5, 5.41) is 6.38. The number of aromatic nitrogens is 2. The van der Waals surface area contributed by atoms with Gasteiger partial charge in [0.2, 0.25) is 0 Å². The molecule has 0 amide bonds. The summed E-state index contributed by atoms with van der Waals surface area (Å²) < 4.78 is 0. The Morgan fingerprint density at radius 3 is 2.83 bits per heavy atom. The van der Waals surface area contributed by atoms with Crippen LogP contribution in [0.5, 0.6) is 0 Å². The van der Waals surface area contributed by atoms with Gasteiger partial charge in [0.1, 0.15) is 18.0 Å². The van der Waals surface area contributed by atoms with Gasteiger partial charge in [-0.2, -0.15) is 0 Å². The molecule has 0 aliphatic heterocycles. The molecule has 0 aromatic carbocycles. The molecule has 1 aromatic rings. The van der Waals surface area contributed by atoms with Crippen molar-refractivity contribution in [2.24, 2.45) is 5.92 Å². The Morgan fingerprint density at radius 2 is 2.17 bits per heavy atom. The fourth-order valence-electron chi connectivity index (χ4n) is 2.12. The molecule has 2 N–H and O–H groups in total. The van der Waals surface area contributed by atoms with E-state index in [-0.39, 0.29) is 0 Å². The standard InChI is InChI=1S/C13H23N5/c1-14-6-7-15-12-8-13(17-10-16-12)18(2)9-11-4-3-5-11/h8,10-11,14H,3-7,9H2,1-2H3,(H,15,16,17). The topological polar surface area (TPSA) is 53.1 Å². The molecule has 2 rings (SSSR count). The summed E-state index contributed by atoms with van der Waals surface area (Å²) in [5.74, 6) is 2.75. The number of hydrogen-bond donors (Lipinski definition) is 2. The van der Waals surface area contributed by atoms with Crippen molar-refractivity contribution in [3.63, 3.8) is 0 Å². The molecule has 0 saturated heterocycles. The number of hydrogen-bond acceptors (Lipinski definition) is 5. The maximum Gasteiger partial charge on any atom is 0.133 e. The van der Waals surface area contributed by atoms with Crippen LogP contribution in [0.25, 0.3) is 0 Å². The zero-order valence-corrected chi connectivity index (χ0v) is 11.3. The molecule has 100 valence electrons. The molecule has 5 heteroatoms. The molecule has 0 unspecified atom stereocenters. The zero-order valence-electron chi connectivity index (χ0n) is 11.3. The van der Waals surface area contributed by atoms with Gasteiger partial charge in [-0.05, 0) is 25.8 Å². The highest BCUT2D eigenvalue weighted by Gasteiger charge is 2.19. The fraction of sp³-hybridized carbons (Fsp3) is 0.692. The molecule has 0 bridgehead atoms. The fourth-order valence-corrected chi connectivity index (χ4v) is 2.12. The quantitative estimate of drug-likeness (QED) is 0.714. The van der Waals surface area contributed by atoms with E-state index in [4.69, 9.17) is 0 Å². The largest absolute Gasteiger partial charge is 0.369 e. The molecule has 1 aliphatic carbocycles. The van der Waals surface area contributed by atoms with Gasteiger partial charge in [-0.1, -0.05) is 6.42 Å². The number of likely N-dealkylation sites (N-methyl/N-ethyl adjacent to an activating group) is 1. The van der Waals surface area contributed by atoms with Gasteiger partial charge in [0.05, 0.1) is 0 Å². The van der Waals surface area contributed by atoms with Crippen molar-refractivity contribution in [2.45, 2.75) is 19.3 Å². The first-order valence-corrected chi connectivity index (χ1v) is 6.71. The third-order valence-corrected chi connectivity index (χ3v) is 3.48. The van der Waals surface area contributed by atoms with E-state index >= 15 is 0 Å². The minimum absolute atomic E-state index is 0.852. The van der Waals surface area contributed by atoms with Crippen LogP contribution in [0.2, 0.25) is 0 Å². The van der Waals surface area contributed by atoms with Crippen LogP contribution in [0.15, 0.2) is 12.4 Å². The number of anilines is 2. The van der Waals surface area contributed by atoms with Gasteiger partial charge in [-0.25, -0.2) is 9.97 Å². The highest BCUT2D eigenvalue weighted by Crippen LogP contribution is 2.28. The van der Waals surface area contributed by atoms with Gasteiger partial charge >= 0.3 is 0 Å². The van der Waals surface area contributed by atoms with Crippen molar-refractivity contribution in [2.75, 3.05) is 43.9 Å². The van der Waals surface area contributed by atoms with Crippen LogP contribution in [0.1, 0.15) is 19.3 Å². The summed E-state index contributed by atoms with van der Waals surface area (Å²) in [7, 11) is 4.05. The molecule has 0 spiro atoms. The van der Waals surface area contributed by atoms with Crippen LogP contribution in [-0.2, 0) is 0 Å². The summed E-state index contributed by atoms with van der Waals surface area (Å²) in [4.78, 5) is 10.8. The van der Waals surface area contributed by atoms with Crippen molar-refractivity contribution in [3.8, 4) is 0 Å². The second kappa shape index (κ2) is 6.54. The van der Waals surface area contributed by atoms with E-state index in [0.29, 0.717) is 0 Å². The number of nitrogens with zero attached hydrogens (tertiary/aromatic N) is 3. The highest BCUT2D eigenvalue weighted by molar-refractivity contribution is 5.47. The second-order valence-electron chi connectivity index (χ2n) is 4.97. The van der Waals surface area contributed by atoms with Crippen LogP contribution < -0.4 is 15.5 Å². The predicted octanol–water partition coefficient (Wildman–Crippen LogP) is 1.34. The smallest absolute Gasteiger partial charge is 0.133 e. The first-order chi connectivity index (χ1) is 8.79. The Hall–Kier alpha value is -1.36. The summed E-state index contributed by atoms with van der Waals surface area (Å²) in [6.07, 6.45) is 5.75. The first kappa shape index (κ1) is 13.1.